The highest BCUT2D eigenvalue weighted by molar-refractivity contribution is 8.00. The van der Waals surface area contributed by atoms with Gasteiger partial charge in [0.15, 0.2) is 0 Å². The van der Waals surface area contributed by atoms with Crippen LogP contribution in [-0.2, 0) is 16.0 Å². The second-order valence-corrected chi connectivity index (χ2v) is 5.52. The van der Waals surface area contributed by atoms with Crippen LogP contribution < -0.4 is 0 Å². The molecule has 1 atom stereocenters. The number of aryl methyl sites for hydroxylation is 2. The van der Waals surface area contributed by atoms with Gasteiger partial charge in [-0.1, -0.05) is 25.6 Å². The van der Waals surface area contributed by atoms with E-state index in [2.05, 4.69) is 9.97 Å². The van der Waals surface area contributed by atoms with Crippen LogP contribution in [0.15, 0.2) is 5.03 Å². The molecule has 0 fully saturated rings. The van der Waals surface area contributed by atoms with Crippen molar-refractivity contribution >= 4 is 23.7 Å². The van der Waals surface area contributed by atoms with Crippen LogP contribution in [0.3, 0.4) is 0 Å². The van der Waals surface area contributed by atoms with Gasteiger partial charge in [-0.3, -0.25) is 4.79 Å². The van der Waals surface area contributed by atoms with Gasteiger partial charge in [-0.15, -0.1) is 0 Å². The second kappa shape index (κ2) is 7.97. The van der Waals surface area contributed by atoms with Crippen molar-refractivity contribution < 1.29 is 19.4 Å². The summed E-state index contributed by atoms with van der Waals surface area (Å²) in [7, 11) is 0. The number of ether oxygens (including phenoxy) is 1. The lowest BCUT2D eigenvalue weighted by Gasteiger charge is -2.15. The minimum absolute atomic E-state index is 0.0555. The smallest absolute Gasteiger partial charge is 0.340 e. The maximum absolute atomic E-state index is 11.9. The number of carboxylic acids is 1. The molecule has 1 aromatic heterocycles. The summed E-state index contributed by atoms with van der Waals surface area (Å²) in [6.07, 6.45) is 1.14. The normalized spacial score (nSPS) is 12.0. The van der Waals surface area contributed by atoms with E-state index in [4.69, 9.17) is 4.74 Å². The van der Waals surface area contributed by atoms with Crippen molar-refractivity contribution in [1.82, 2.24) is 9.97 Å². The quantitative estimate of drug-likeness (QED) is 0.470. The third-order valence-corrected chi connectivity index (χ3v) is 4.14. The van der Waals surface area contributed by atoms with Crippen LogP contribution in [0.2, 0.25) is 0 Å². The largest absolute Gasteiger partial charge is 0.478 e. The minimum Gasteiger partial charge on any atom is -0.478 e. The fraction of sp³-hybridized carbons (Fsp3) is 0.571. The number of aromatic carboxylic acids is 1. The Kier molecular flexibility index (Phi) is 6.61. The first-order valence-corrected chi connectivity index (χ1v) is 7.76. The molecule has 1 heterocycles. The number of hydrogen-bond acceptors (Lipinski definition) is 6. The van der Waals surface area contributed by atoms with Crippen LogP contribution in [-0.4, -0.2) is 38.9 Å². The SMILES string of the molecule is CCOC(=O)C(CC)Sc1nc(CC)nc(C)c1C(=O)O. The number of carboxylic acid groups (broad SMARTS) is 1. The van der Waals surface area contributed by atoms with Crippen LogP contribution in [0.25, 0.3) is 0 Å². The molecule has 0 bridgehead atoms. The van der Waals surface area contributed by atoms with Gasteiger partial charge in [-0.25, -0.2) is 14.8 Å². The van der Waals surface area contributed by atoms with Gasteiger partial charge in [-0.05, 0) is 20.3 Å². The van der Waals surface area contributed by atoms with E-state index in [0.717, 1.165) is 11.8 Å². The molecule has 1 N–H and O–H groups in total. The predicted octanol–water partition coefficient (Wildman–Crippen LogP) is 2.48. The van der Waals surface area contributed by atoms with E-state index in [1.165, 1.54) is 0 Å². The topological polar surface area (TPSA) is 89.4 Å². The van der Waals surface area contributed by atoms with E-state index in [-0.39, 0.29) is 11.5 Å². The average Bonchev–Trinajstić information content (AvgIpc) is 2.43. The molecule has 6 nitrogen and oxygen atoms in total. The fourth-order valence-electron chi connectivity index (χ4n) is 1.76. The van der Waals surface area contributed by atoms with Gasteiger partial charge in [0.05, 0.1) is 12.3 Å². The van der Waals surface area contributed by atoms with Gasteiger partial charge in [0.1, 0.15) is 21.7 Å². The lowest BCUT2D eigenvalue weighted by Crippen LogP contribution is -2.21. The van der Waals surface area contributed by atoms with E-state index in [1.54, 1.807) is 13.8 Å². The van der Waals surface area contributed by atoms with E-state index in [0.29, 0.717) is 36.0 Å². The van der Waals surface area contributed by atoms with Crippen molar-refractivity contribution in [2.24, 2.45) is 0 Å². The summed E-state index contributed by atoms with van der Waals surface area (Å²) in [4.78, 5) is 31.7. The Balaban J connectivity index is 3.17. The highest BCUT2D eigenvalue weighted by atomic mass is 32.2. The second-order valence-electron chi connectivity index (χ2n) is 4.33. The van der Waals surface area contributed by atoms with Gasteiger partial charge in [-0.2, -0.15) is 0 Å². The zero-order valence-corrected chi connectivity index (χ0v) is 13.5. The molecule has 0 saturated heterocycles. The summed E-state index contributed by atoms with van der Waals surface area (Å²) < 4.78 is 5.00. The van der Waals surface area contributed by atoms with Crippen molar-refractivity contribution in [3.05, 3.63) is 17.1 Å². The van der Waals surface area contributed by atoms with Gasteiger partial charge >= 0.3 is 11.9 Å². The molecule has 0 aromatic carbocycles. The van der Waals surface area contributed by atoms with Crippen molar-refractivity contribution in [3.63, 3.8) is 0 Å². The molecule has 0 aliphatic rings. The molecule has 1 rings (SSSR count). The molecule has 0 aliphatic heterocycles. The van der Waals surface area contributed by atoms with Crippen molar-refractivity contribution in [3.8, 4) is 0 Å². The van der Waals surface area contributed by atoms with E-state index in [9.17, 15) is 14.7 Å². The lowest BCUT2D eigenvalue weighted by molar-refractivity contribution is -0.142. The van der Waals surface area contributed by atoms with Crippen LogP contribution in [0.5, 0.6) is 0 Å². The van der Waals surface area contributed by atoms with Crippen LogP contribution in [0, 0.1) is 6.92 Å². The molecule has 21 heavy (non-hydrogen) atoms. The van der Waals surface area contributed by atoms with Gasteiger partial charge < -0.3 is 9.84 Å². The van der Waals surface area contributed by atoms with Gasteiger partial charge in [0.2, 0.25) is 0 Å². The Morgan fingerprint density at radius 3 is 2.43 bits per heavy atom. The van der Waals surface area contributed by atoms with Crippen molar-refractivity contribution in [1.29, 1.82) is 0 Å². The molecular formula is C14H20N2O4S. The van der Waals surface area contributed by atoms with E-state index in [1.807, 2.05) is 13.8 Å². The molecular weight excluding hydrogens is 292 g/mol. The number of carbonyl (C=O) groups excluding carboxylic acids is 1. The molecule has 0 aliphatic carbocycles. The van der Waals surface area contributed by atoms with Crippen LogP contribution in [0.4, 0.5) is 0 Å². The number of rotatable bonds is 7. The van der Waals surface area contributed by atoms with E-state index < -0.39 is 11.2 Å². The Morgan fingerprint density at radius 1 is 1.29 bits per heavy atom. The molecule has 0 saturated carbocycles. The fourth-order valence-corrected chi connectivity index (χ4v) is 2.87. The van der Waals surface area contributed by atoms with Gasteiger partial charge in [0, 0.05) is 6.42 Å². The zero-order chi connectivity index (χ0) is 16.0. The standard InChI is InChI=1S/C14H20N2O4S/c1-5-9(14(19)20-7-3)21-12-11(13(17)18)8(4)15-10(6-2)16-12/h9H,5-7H2,1-4H3,(H,17,18). The molecule has 0 radical (unpaired) electrons. The third-order valence-electron chi connectivity index (χ3n) is 2.81. The summed E-state index contributed by atoms with van der Waals surface area (Å²) in [6.45, 7) is 7.42. The summed E-state index contributed by atoms with van der Waals surface area (Å²) in [5, 5.41) is 9.18. The summed E-state index contributed by atoms with van der Waals surface area (Å²) in [6, 6.07) is 0. The van der Waals surface area contributed by atoms with Gasteiger partial charge in [0.25, 0.3) is 0 Å². The molecule has 7 heteroatoms. The molecule has 0 spiro atoms. The molecule has 0 amide bonds. The molecule has 116 valence electrons. The molecule has 1 unspecified atom stereocenters. The monoisotopic (exact) mass is 312 g/mol. The average molecular weight is 312 g/mol. The summed E-state index contributed by atoms with van der Waals surface area (Å²) in [5.41, 5.74) is 0.468. The summed E-state index contributed by atoms with van der Waals surface area (Å²) in [5.74, 6) is -0.870. The van der Waals surface area contributed by atoms with Crippen molar-refractivity contribution in [2.45, 2.75) is 50.8 Å². The molecule has 1 aromatic rings. The Bertz CT molecular complexity index is 534. The third kappa shape index (κ3) is 4.42. The number of hydrogen-bond donors (Lipinski definition) is 1. The lowest BCUT2D eigenvalue weighted by atomic mass is 10.2. The highest BCUT2D eigenvalue weighted by Crippen LogP contribution is 2.29. The maximum Gasteiger partial charge on any atom is 0.340 e. The number of aromatic nitrogens is 2. The highest BCUT2D eigenvalue weighted by Gasteiger charge is 2.25. The number of carbonyl (C=O) groups is 2. The minimum atomic E-state index is -1.09. The van der Waals surface area contributed by atoms with E-state index >= 15 is 0 Å². The predicted molar refractivity (Wildman–Crippen MR) is 79.7 cm³/mol. The first-order chi connectivity index (χ1) is 9.94. The zero-order valence-electron chi connectivity index (χ0n) is 12.7. The maximum atomic E-state index is 11.9. The first kappa shape index (κ1) is 17.4. The van der Waals surface area contributed by atoms with Crippen LogP contribution in [0.1, 0.15) is 49.1 Å². The van der Waals surface area contributed by atoms with Crippen molar-refractivity contribution in [2.75, 3.05) is 6.61 Å². The number of nitrogens with zero attached hydrogens (tertiary/aromatic N) is 2. The van der Waals surface area contributed by atoms with Crippen LogP contribution >= 0.6 is 11.8 Å². The number of esters is 1. The Hall–Kier alpha value is -1.63. The Morgan fingerprint density at radius 2 is 1.95 bits per heavy atom. The summed E-state index contributed by atoms with van der Waals surface area (Å²) >= 11 is 1.13. The Labute approximate surface area is 128 Å². The first-order valence-electron chi connectivity index (χ1n) is 6.88. The number of thioether (sulfide) groups is 1.